The van der Waals surface area contributed by atoms with Crippen molar-refractivity contribution in [2.24, 2.45) is 5.92 Å². The van der Waals surface area contributed by atoms with E-state index in [1.807, 2.05) is 18.2 Å². The molecule has 0 bridgehead atoms. The van der Waals surface area contributed by atoms with Crippen molar-refractivity contribution in [2.45, 2.75) is 25.9 Å². The number of hydrogen-bond donors (Lipinski definition) is 1. The molecular weight excluding hydrogens is 305 g/mol. The van der Waals surface area contributed by atoms with Gasteiger partial charge < -0.3 is 14.8 Å². The molecule has 0 heterocycles. The molecular formula is C20H24FNO2. The number of ether oxygens (including phenoxy) is 2. The summed E-state index contributed by atoms with van der Waals surface area (Å²) in [6.07, 6.45) is 3.71. The van der Waals surface area contributed by atoms with Crippen LogP contribution in [0.3, 0.4) is 0 Å². The molecule has 1 aliphatic rings. The number of halogens is 1. The van der Waals surface area contributed by atoms with Crippen LogP contribution in [-0.4, -0.2) is 20.2 Å². The highest BCUT2D eigenvalue weighted by Gasteiger charge is 2.19. The summed E-state index contributed by atoms with van der Waals surface area (Å²) in [7, 11) is 1.64. The second-order valence-corrected chi connectivity index (χ2v) is 6.30. The average Bonchev–Trinajstić information content (AvgIpc) is 3.41. The molecule has 0 aliphatic heterocycles. The highest BCUT2D eigenvalue weighted by atomic mass is 19.1. The monoisotopic (exact) mass is 329 g/mol. The highest BCUT2D eigenvalue weighted by Crippen LogP contribution is 2.29. The molecule has 128 valence electrons. The molecule has 24 heavy (non-hydrogen) atoms. The summed E-state index contributed by atoms with van der Waals surface area (Å²) >= 11 is 0. The second kappa shape index (κ2) is 8.15. The summed E-state index contributed by atoms with van der Waals surface area (Å²) in [6, 6.07) is 12.4. The number of benzene rings is 2. The van der Waals surface area contributed by atoms with Crippen LogP contribution >= 0.6 is 0 Å². The van der Waals surface area contributed by atoms with Gasteiger partial charge in [0, 0.05) is 0 Å². The van der Waals surface area contributed by atoms with Crippen LogP contribution < -0.4 is 14.8 Å². The molecule has 1 fully saturated rings. The lowest BCUT2D eigenvalue weighted by molar-refractivity contribution is 0.284. The van der Waals surface area contributed by atoms with Gasteiger partial charge in [-0.25, -0.2) is 4.39 Å². The first-order chi connectivity index (χ1) is 11.7. The first kappa shape index (κ1) is 16.8. The van der Waals surface area contributed by atoms with Crippen LogP contribution in [0, 0.1) is 11.7 Å². The molecule has 0 amide bonds. The fourth-order valence-corrected chi connectivity index (χ4v) is 2.64. The lowest BCUT2D eigenvalue weighted by Crippen LogP contribution is -2.19. The predicted molar refractivity (Wildman–Crippen MR) is 93.0 cm³/mol. The van der Waals surface area contributed by atoms with E-state index < -0.39 is 0 Å². The van der Waals surface area contributed by atoms with Crippen molar-refractivity contribution >= 4 is 0 Å². The van der Waals surface area contributed by atoms with Crippen molar-refractivity contribution < 1.29 is 13.9 Å². The van der Waals surface area contributed by atoms with Crippen molar-refractivity contribution in [1.82, 2.24) is 5.32 Å². The third-order valence-electron chi connectivity index (χ3n) is 4.23. The summed E-state index contributed by atoms with van der Waals surface area (Å²) in [5, 5.41) is 3.49. The van der Waals surface area contributed by atoms with Gasteiger partial charge in [-0.3, -0.25) is 0 Å². The van der Waals surface area contributed by atoms with E-state index in [2.05, 4.69) is 11.4 Å². The molecule has 0 aromatic heterocycles. The highest BCUT2D eigenvalue weighted by molar-refractivity contribution is 5.43. The Bertz CT molecular complexity index is 670. The van der Waals surface area contributed by atoms with Crippen molar-refractivity contribution in [3.8, 4) is 11.5 Å². The first-order valence-electron chi connectivity index (χ1n) is 8.49. The van der Waals surface area contributed by atoms with Crippen molar-refractivity contribution in [2.75, 3.05) is 20.2 Å². The topological polar surface area (TPSA) is 30.5 Å². The number of nitrogens with one attached hydrogen (secondary N) is 1. The van der Waals surface area contributed by atoms with E-state index in [9.17, 15) is 4.39 Å². The molecule has 0 saturated heterocycles. The Morgan fingerprint density at radius 2 is 1.96 bits per heavy atom. The minimum atomic E-state index is -0.253. The molecule has 0 spiro atoms. The van der Waals surface area contributed by atoms with Crippen LogP contribution in [0.2, 0.25) is 0 Å². The van der Waals surface area contributed by atoms with E-state index >= 15 is 0 Å². The smallest absolute Gasteiger partial charge is 0.161 e. The van der Waals surface area contributed by atoms with Crippen LogP contribution in [0.25, 0.3) is 0 Å². The van der Waals surface area contributed by atoms with Crippen LogP contribution in [0.1, 0.15) is 24.0 Å². The van der Waals surface area contributed by atoms with Crippen LogP contribution in [0.15, 0.2) is 42.5 Å². The van der Waals surface area contributed by atoms with E-state index in [1.165, 1.54) is 30.5 Å². The van der Waals surface area contributed by atoms with Gasteiger partial charge in [-0.15, -0.1) is 0 Å². The third-order valence-corrected chi connectivity index (χ3v) is 4.23. The van der Waals surface area contributed by atoms with Gasteiger partial charge in [0.1, 0.15) is 12.4 Å². The lowest BCUT2D eigenvalue weighted by Gasteiger charge is -2.12. The molecule has 0 atom stereocenters. The van der Waals surface area contributed by atoms with Crippen LogP contribution in [0.5, 0.6) is 11.5 Å². The maximum atomic E-state index is 13.2. The second-order valence-electron chi connectivity index (χ2n) is 6.30. The Labute approximate surface area is 142 Å². The molecule has 1 N–H and O–H groups in total. The normalized spacial score (nSPS) is 13.8. The maximum absolute atomic E-state index is 13.2. The fraction of sp³-hybridized carbons (Fsp3) is 0.400. The van der Waals surface area contributed by atoms with Gasteiger partial charge in [0.2, 0.25) is 0 Å². The molecule has 3 nitrogen and oxygen atoms in total. The zero-order chi connectivity index (χ0) is 16.8. The number of methoxy groups -OCH3 is 1. The Kier molecular flexibility index (Phi) is 5.70. The van der Waals surface area contributed by atoms with Crippen LogP contribution in [-0.2, 0) is 13.0 Å². The van der Waals surface area contributed by atoms with Crippen LogP contribution in [0.4, 0.5) is 4.39 Å². The van der Waals surface area contributed by atoms with Gasteiger partial charge in [-0.1, -0.05) is 18.2 Å². The summed E-state index contributed by atoms with van der Waals surface area (Å²) < 4.78 is 24.4. The molecule has 2 aromatic rings. The van der Waals surface area contributed by atoms with Gasteiger partial charge in [-0.05, 0) is 73.7 Å². The first-order valence-corrected chi connectivity index (χ1v) is 8.49. The number of rotatable bonds is 9. The van der Waals surface area contributed by atoms with Crippen molar-refractivity contribution in [3.05, 3.63) is 59.4 Å². The van der Waals surface area contributed by atoms with Crippen molar-refractivity contribution in [3.63, 3.8) is 0 Å². The minimum Gasteiger partial charge on any atom is -0.493 e. The Morgan fingerprint density at radius 1 is 1.08 bits per heavy atom. The molecule has 1 aliphatic carbocycles. The van der Waals surface area contributed by atoms with E-state index in [0.717, 1.165) is 31.0 Å². The van der Waals surface area contributed by atoms with E-state index in [1.54, 1.807) is 13.2 Å². The number of hydrogen-bond acceptors (Lipinski definition) is 3. The Hall–Kier alpha value is -2.07. The maximum Gasteiger partial charge on any atom is 0.161 e. The SMILES string of the molecule is COc1cc(CCNCC2CC2)ccc1OCc1cccc(F)c1. The predicted octanol–water partition coefficient (Wildman–Crippen LogP) is 3.96. The van der Waals surface area contributed by atoms with Gasteiger partial charge in [-0.2, -0.15) is 0 Å². The summed E-state index contributed by atoms with van der Waals surface area (Å²) in [5.41, 5.74) is 2.01. The lowest BCUT2D eigenvalue weighted by atomic mass is 10.1. The van der Waals surface area contributed by atoms with E-state index in [4.69, 9.17) is 9.47 Å². The zero-order valence-electron chi connectivity index (χ0n) is 14.1. The molecule has 1 saturated carbocycles. The van der Waals surface area contributed by atoms with E-state index in [0.29, 0.717) is 18.1 Å². The third kappa shape index (κ3) is 4.96. The average molecular weight is 329 g/mol. The van der Waals surface area contributed by atoms with Gasteiger partial charge >= 0.3 is 0 Å². The molecule has 4 heteroatoms. The Morgan fingerprint density at radius 3 is 2.71 bits per heavy atom. The molecule has 0 unspecified atom stereocenters. The fourth-order valence-electron chi connectivity index (χ4n) is 2.64. The van der Waals surface area contributed by atoms with Gasteiger partial charge in [0.05, 0.1) is 7.11 Å². The van der Waals surface area contributed by atoms with E-state index in [-0.39, 0.29) is 5.82 Å². The zero-order valence-corrected chi connectivity index (χ0v) is 14.1. The minimum absolute atomic E-state index is 0.253. The Balaban J connectivity index is 1.54. The molecule has 0 radical (unpaired) electrons. The summed E-state index contributed by atoms with van der Waals surface area (Å²) in [5.74, 6) is 2.04. The molecule has 2 aromatic carbocycles. The largest absolute Gasteiger partial charge is 0.493 e. The molecule has 3 rings (SSSR count). The van der Waals surface area contributed by atoms with Gasteiger partial charge in [0.25, 0.3) is 0 Å². The standard InChI is InChI=1S/C20H24FNO2/c1-23-20-12-15(9-10-22-13-16-5-6-16)7-8-19(20)24-14-17-3-2-4-18(21)11-17/h2-4,7-8,11-12,16,22H,5-6,9-10,13-14H2,1H3. The summed E-state index contributed by atoms with van der Waals surface area (Å²) in [6.45, 7) is 2.42. The van der Waals surface area contributed by atoms with Gasteiger partial charge in [0.15, 0.2) is 11.5 Å². The van der Waals surface area contributed by atoms with Crippen molar-refractivity contribution in [1.29, 1.82) is 0 Å². The summed E-state index contributed by atoms with van der Waals surface area (Å²) in [4.78, 5) is 0. The quantitative estimate of drug-likeness (QED) is 0.707.